The predicted octanol–water partition coefficient (Wildman–Crippen LogP) is 1.33. The van der Waals surface area contributed by atoms with Gasteiger partial charge in [0.2, 0.25) is 11.2 Å². The molecule has 0 saturated carbocycles. The van der Waals surface area contributed by atoms with Crippen molar-refractivity contribution in [1.82, 2.24) is 5.32 Å². The molecule has 23 heavy (non-hydrogen) atoms. The van der Waals surface area contributed by atoms with E-state index in [-0.39, 0.29) is 23.7 Å². The van der Waals surface area contributed by atoms with Gasteiger partial charge in [-0.25, -0.2) is 0 Å². The molecular formula is C17H18N2O4. The smallest absolute Gasteiger partial charge is 0.257 e. The average Bonchev–Trinajstić information content (AvgIpc) is 2.97. The standard InChI is InChI=1S/C17H18N2O4/c1-18-17(21)11-23-16-10-22-13(8-15(16)20)9-19-7-6-12-4-2-3-5-14(12)19/h2-5,8,10H,6-7,9,11H2,1H3,(H,18,21). The van der Waals surface area contributed by atoms with Crippen molar-refractivity contribution in [2.75, 3.05) is 25.1 Å². The quantitative estimate of drug-likeness (QED) is 0.901. The minimum Gasteiger partial charge on any atom is -0.477 e. The summed E-state index contributed by atoms with van der Waals surface area (Å²) in [6.07, 6.45) is 2.26. The number of ether oxygens (including phenoxy) is 1. The first-order valence-electron chi connectivity index (χ1n) is 7.45. The van der Waals surface area contributed by atoms with Gasteiger partial charge in [0, 0.05) is 25.3 Å². The van der Waals surface area contributed by atoms with Crippen molar-refractivity contribution < 1.29 is 13.9 Å². The monoisotopic (exact) mass is 314 g/mol. The van der Waals surface area contributed by atoms with E-state index in [9.17, 15) is 9.59 Å². The van der Waals surface area contributed by atoms with Crippen LogP contribution in [0.5, 0.6) is 5.75 Å². The lowest BCUT2D eigenvalue weighted by Crippen LogP contribution is -2.26. The fourth-order valence-electron chi connectivity index (χ4n) is 2.60. The highest BCUT2D eigenvalue weighted by atomic mass is 16.5. The van der Waals surface area contributed by atoms with Crippen molar-refractivity contribution >= 4 is 11.6 Å². The molecule has 1 aromatic heterocycles. The van der Waals surface area contributed by atoms with Crippen molar-refractivity contribution in [2.45, 2.75) is 13.0 Å². The van der Waals surface area contributed by atoms with Crippen LogP contribution in [-0.4, -0.2) is 26.1 Å². The first-order valence-corrected chi connectivity index (χ1v) is 7.45. The summed E-state index contributed by atoms with van der Waals surface area (Å²) in [6, 6.07) is 9.63. The van der Waals surface area contributed by atoms with Gasteiger partial charge in [-0.3, -0.25) is 9.59 Å². The Labute approximate surface area is 133 Å². The molecule has 0 fully saturated rings. The van der Waals surface area contributed by atoms with E-state index in [0.29, 0.717) is 12.3 Å². The summed E-state index contributed by atoms with van der Waals surface area (Å²) in [6.45, 7) is 1.22. The number of hydrogen-bond donors (Lipinski definition) is 1. The molecule has 0 saturated heterocycles. The molecule has 6 heteroatoms. The second-order valence-corrected chi connectivity index (χ2v) is 5.34. The lowest BCUT2D eigenvalue weighted by atomic mass is 10.2. The van der Waals surface area contributed by atoms with Gasteiger partial charge in [-0.15, -0.1) is 0 Å². The zero-order valence-corrected chi connectivity index (χ0v) is 12.9. The highest BCUT2D eigenvalue weighted by molar-refractivity contribution is 5.77. The number of likely N-dealkylation sites (N-methyl/N-ethyl adjacent to an activating group) is 1. The van der Waals surface area contributed by atoms with Crippen molar-refractivity contribution in [3.63, 3.8) is 0 Å². The molecular weight excluding hydrogens is 296 g/mol. The largest absolute Gasteiger partial charge is 0.477 e. The summed E-state index contributed by atoms with van der Waals surface area (Å²) in [5.74, 6) is 0.306. The fraction of sp³-hybridized carbons (Fsp3) is 0.294. The highest BCUT2D eigenvalue weighted by Crippen LogP contribution is 2.28. The number of carbonyl (C=O) groups is 1. The van der Waals surface area contributed by atoms with Crippen LogP contribution in [-0.2, 0) is 17.8 Å². The summed E-state index contributed by atoms with van der Waals surface area (Å²) in [7, 11) is 1.51. The third kappa shape index (κ3) is 3.36. The summed E-state index contributed by atoms with van der Waals surface area (Å²) in [5, 5.41) is 2.42. The number of nitrogens with zero attached hydrogens (tertiary/aromatic N) is 1. The van der Waals surface area contributed by atoms with E-state index >= 15 is 0 Å². The Morgan fingerprint density at radius 2 is 2.22 bits per heavy atom. The Morgan fingerprint density at radius 3 is 3.00 bits per heavy atom. The summed E-state index contributed by atoms with van der Waals surface area (Å²) >= 11 is 0. The first kappa shape index (κ1) is 15.1. The van der Waals surface area contributed by atoms with Gasteiger partial charge < -0.3 is 19.4 Å². The minimum absolute atomic E-state index is 0.0409. The molecule has 1 aliphatic rings. The highest BCUT2D eigenvalue weighted by Gasteiger charge is 2.19. The predicted molar refractivity (Wildman–Crippen MR) is 85.7 cm³/mol. The zero-order valence-electron chi connectivity index (χ0n) is 12.9. The van der Waals surface area contributed by atoms with E-state index in [1.807, 2.05) is 12.1 Å². The number of carbonyl (C=O) groups excluding carboxylic acids is 1. The Morgan fingerprint density at radius 1 is 1.39 bits per heavy atom. The van der Waals surface area contributed by atoms with Crippen LogP contribution in [0.15, 0.2) is 45.8 Å². The number of rotatable bonds is 5. The van der Waals surface area contributed by atoms with Crippen LogP contribution < -0.4 is 20.4 Å². The lowest BCUT2D eigenvalue weighted by molar-refractivity contribution is -0.122. The van der Waals surface area contributed by atoms with Crippen LogP contribution >= 0.6 is 0 Å². The third-order valence-electron chi connectivity index (χ3n) is 3.82. The number of nitrogens with one attached hydrogen (secondary N) is 1. The molecule has 2 aromatic rings. The van der Waals surface area contributed by atoms with Gasteiger partial charge in [0.1, 0.15) is 12.0 Å². The number of fused-ring (bicyclic) bond motifs is 1. The number of para-hydroxylation sites is 1. The van der Waals surface area contributed by atoms with Gasteiger partial charge in [0.05, 0.1) is 6.54 Å². The molecule has 0 spiro atoms. The number of hydrogen-bond acceptors (Lipinski definition) is 5. The maximum absolute atomic E-state index is 12.0. The van der Waals surface area contributed by atoms with Crippen molar-refractivity contribution in [3.05, 3.63) is 58.1 Å². The van der Waals surface area contributed by atoms with Gasteiger partial charge in [-0.1, -0.05) is 18.2 Å². The molecule has 1 N–H and O–H groups in total. The molecule has 120 valence electrons. The van der Waals surface area contributed by atoms with Crippen LogP contribution in [0.25, 0.3) is 0 Å². The van der Waals surface area contributed by atoms with Gasteiger partial charge in [0.15, 0.2) is 6.61 Å². The van der Waals surface area contributed by atoms with Crippen molar-refractivity contribution in [1.29, 1.82) is 0 Å². The van der Waals surface area contributed by atoms with Crippen molar-refractivity contribution in [2.24, 2.45) is 0 Å². The second-order valence-electron chi connectivity index (χ2n) is 5.34. The van der Waals surface area contributed by atoms with Gasteiger partial charge >= 0.3 is 0 Å². The lowest BCUT2D eigenvalue weighted by Gasteiger charge is -2.18. The molecule has 3 rings (SSSR count). The van der Waals surface area contributed by atoms with E-state index in [4.69, 9.17) is 9.15 Å². The summed E-state index contributed by atoms with van der Waals surface area (Å²) < 4.78 is 10.6. The number of anilines is 1. The average molecular weight is 314 g/mol. The maximum Gasteiger partial charge on any atom is 0.257 e. The Bertz CT molecular complexity index is 769. The minimum atomic E-state index is -0.304. The molecule has 2 heterocycles. The topological polar surface area (TPSA) is 71.8 Å². The molecule has 6 nitrogen and oxygen atoms in total. The SMILES string of the molecule is CNC(=O)COc1coc(CN2CCc3ccccc32)cc1=O. The molecule has 1 aromatic carbocycles. The van der Waals surface area contributed by atoms with Crippen LogP contribution in [0.3, 0.4) is 0 Å². The Hall–Kier alpha value is -2.76. The van der Waals surface area contributed by atoms with E-state index in [2.05, 4.69) is 22.3 Å². The molecule has 0 aliphatic carbocycles. The second kappa shape index (κ2) is 6.56. The molecule has 1 amide bonds. The Kier molecular flexibility index (Phi) is 4.32. The van der Waals surface area contributed by atoms with Crippen molar-refractivity contribution in [3.8, 4) is 5.75 Å². The first-order chi connectivity index (χ1) is 11.2. The molecule has 1 aliphatic heterocycles. The van der Waals surface area contributed by atoms with Gasteiger partial charge in [-0.2, -0.15) is 0 Å². The molecule has 0 radical (unpaired) electrons. The summed E-state index contributed by atoms with van der Waals surface area (Å²) in [5.41, 5.74) is 2.19. The van der Waals surface area contributed by atoms with E-state index in [1.165, 1.54) is 30.6 Å². The van der Waals surface area contributed by atoms with Crippen LogP contribution in [0.1, 0.15) is 11.3 Å². The number of benzene rings is 1. The van der Waals surface area contributed by atoms with E-state index in [1.54, 1.807) is 0 Å². The maximum atomic E-state index is 12.0. The Balaban J connectivity index is 1.69. The van der Waals surface area contributed by atoms with Gasteiger partial charge in [0.25, 0.3) is 5.91 Å². The normalized spacial score (nSPS) is 12.8. The van der Waals surface area contributed by atoms with Crippen LogP contribution in [0.2, 0.25) is 0 Å². The van der Waals surface area contributed by atoms with Crippen LogP contribution in [0, 0.1) is 0 Å². The van der Waals surface area contributed by atoms with Crippen LogP contribution in [0.4, 0.5) is 5.69 Å². The summed E-state index contributed by atoms with van der Waals surface area (Å²) in [4.78, 5) is 25.3. The molecule has 0 atom stereocenters. The van der Waals surface area contributed by atoms with E-state index < -0.39 is 0 Å². The molecule has 0 unspecified atom stereocenters. The zero-order chi connectivity index (χ0) is 16.2. The third-order valence-corrected chi connectivity index (χ3v) is 3.82. The van der Waals surface area contributed by atoms with Gasteiger partial charge in [-0.05, 0) is 18.1 Å². The number of amides is 1. The fourth-order valence-corrected chi connectivity index (χ4v) is 2.60. The molecule has 0 bridgehead atoms. The van der Waals surface area contributed by atoms with E-state index in [0.717, 1.165) is 13.0 Å².